The monoisotopic (exact) mass is 267 g/mol. The molecular weight excluding hydrogens is 242 g/mol. The molecule has 2 aromatic rings. The zero-order valence-corrected chi connectivity index (χ0v) is 12.8. The van der Waals surface area contributed by atoms with Crippen molar-refractivity contribution in [2.24, 2.45) is 5.92 Å². The van der Waals surface area contributed by atoms with Crippen LogP contribution in [0.4, 0.5) is 0 Å². The van der Waals surface area contributed by atoms with Crippen LogP contribution in [0.1, 0.15) is 31.9 Å². The van der Waals surface area contributed by atoms with E-state index in [1.807, 2.05) is 0 Å². The SMILES string of the molecule is CCNCc1cccc(-c2cccc(CC(C)C)c2)c1. The summed E-state index contributed by atoms with van der Waals surface area (Å²) in [4.78, 5) is 0. The zero-order chi connectivity index (χ0) is 14.4. The van der Waals surface area contributed by atoms with Crippen molar-refractivity contribution in [3.05, 3.63) is 59.7 Å². The molecule has 0 aliphatic carbocycles. The summed E-state index contributed by atoms with van der Waals surface area (Å²) in [5.74, 6) is 0.699. The third-order valence-electron chi connectivity index (χ3n) is 3.41. The predicted molar refractivity (Wildman–Crippen MR) is 87.8 cm³/mol. The highest BCUT2D eigenvalue weighted by molar-refractivity contribution is 5.65. The average molecular weight is 267 g/mol. The fourth-order valence-corrected chi connectivity index (χ4v) is 2.48. The standard InChI is InChI=1S/C19H25N/c1-4-20-14-17-8-6-10-19(13-17)18-9-5-7-16(12-18)11-15(2)3/h5-10,12-13,15,20H,4,11,14H2,1-3H3. The van der Waals surface area contributed by atoms with Gasteiger partial charge in [0.15, 0.2) is 0 Å². The Hall–Kier alpha value is -1.60. The first-order valence-corrected chi connectivity index (χ1v) is 7.58. The highest BCUT2D eigenvalue weighted by Gasteiger charge is 2.02. The largest absolute Gasteiger partial charge is 0.313 e. The molecule has 0 saturated heterocycles. The Balaban J connectivity index is 2.22. The molecule has 0 fully saturated rings. The maximum absolute atomic E-state index is 3.38. The second kappa shape index (κ2) is 7.25. The van der Waals surface area contributed by atoms with E-state index in [1.54, 1.807) is 0 Å². The maximum Gasteiger partial charge on any atom is 0.0205 e. The quantitative estimate of drug-likeness (QED) is 0.802. The minimum absolute atomic E-state index is 0.699. The Morgan fingerprint density at radius 2 is 1.50 bits per heavy atom. The van der Waals surface area contributed by atoms with Crippen molar-refractivity contribution in [2.45, 2.75) is 33.7 Å². The molecular formula is C19H25N. The van der Waals surface area contributed by atoms with Crippen molar-refractivity contribution in [1.82, 2.24) is 5.32 Å². The molecule has 0 aliphatic rings. The van der Waals surface area contributed by atoms with E-state index in [9.17, 15) is 0 Å². The highest BCUT2D eigenvalue weighted by atomic mass is 14.8. The summed E-state index contributed by atoms with van der Waals surface area (Å²) in [7, 11) is 0. The summed E-state index contributed by atoms with van der Waals surface area (Å²) in [6.45, 7) is 8.62. The van der Waals surface area contributed by atoms with Crippen LogP contribution in [0.5, 0.6) is 0 Å². The third-order valence-corrected chi connectivity index (χ3v) is 3.41. The van der Waals surface area contributed by atoms with Gasteiger partial charge in [0.1, 0.15) is 0 Å². The topological polar surface area (TPSA) is 12.0 Å². The van der Waals surface area contributed by atoms with Gasteiger partial charge in [-0.2, -0.15) is 0 Å². The molecule has 0 spiro atoms. The normalized spacial score (nSPS) is 11.0. The van der Waals surface area contributed by atoms with Crippen molar-refractivity contribution in [3.8, 4) is 11.1 Å². The van der Waals surface area contributed by atoms with E-state index in [2.05, 4.69) is 74.6 Å². The lowest BCUT2D eigenvalue weighted by Crippen LogP contribution is -2.11. The van der Waals surface area contributed by atoms with E-state index in [1.165, 1.54) is 22.3 Å². The molecule has 0 radical (unpaired) electrons. The van der Waals surface area contributed by atoms with Crippen LogP contribution in [-0.2, 0) is 13.0 Å². The third kappa shape index (κ3) is 4.21. The molecule has 0 aromatic heterocycles. The summed E-state index contributed by atoms with van der Waals surface area (Å²) >= 11 is 0. The summed E-state index contributed by atoms with van der Waals surface area (Å²) in [6.07, 6.45) is 1.14. The van der Waals surface area contributed by atoms with Gasteiger partial charge >= 0.3 is 0 Å². The lowest BCUT2D eigenvalue weighted by molar-refractivity contribution is 0.647. The van der Waals surface area contributed by atoms with E-state index in [0.717, 1.165) is 19.5 Å². The van der Waals surface area contributed by atoms with Crippen LogP contribution < -0.4 is 5.32 Å². The van der Waals surface area contributed by atoms with Gasteiger partial charge in [-0.1, -0.05) is 63.2 Å². The molecule has 1 nitrogen and oxygen atoms in total. The van der Waals surface area contributed by atoms with Gasteiger partial charge in [-0.3, -0.25) is 0 Å². The minimum Gasteiger partial charge on any atom is -0.313 e. The van der Waals surface area contributed by atoms with Gasteiger partial charge in [-0.15, -0.1) is 0 Å². The molecule has 0 atom stereocenters. The first-order chi connectivity index (χ1) is 9.69. The number of hydrogen-bond donors (Lipinski definition) is 1. The Labute approximate surface area is 123 Å². The fourth-order valence-electron chi connectivity index (χ4n) is 2.48. The molecule has 1 N–H and O–H groups in total. The molecule has 2 aromatic carbocycles. The Kier molecular flexibility index (Phi) is 5.37. The van der Waals surface area contributed by atoms with Gasteiger partial charge in [-0.05, 0) is 47.2 Å². The van der Waals surface area contributed by atoms with Crippen LogP contribution in [0, 0.1) is 5.92 Å². The Bertz CT molecular complexity index is 543. The van der Waals surface area contributed by atoms with Crippen molar-refractivity contribution >= 4 is 0 Å². The van der Waals surface area contributed by atoms with Gasteiger partial charge in [0.25, 0.3) is 0 Å². The van der Waals surface area contributed by atoms with Gasteiger partial charge in [0.05, 0.1) is 0 Å². The van der Waals surface area contributed by atoms with Crippen molar-refractivity contribution in [2.75, 3.05) is 6.54 Å². The minimum atomic E-state index is 0.699. The summed E-state index contributed by atoms with van der Waals surface area (Å²) in [6, 6.07) is 17.8. The maximum atomic E-state index is 3.38. The van der Waals surface area contributed by atoms with E-state index < -0.39 is 0 Å². The van der Waals surface area contributed by atoms with E-state index in [0.29, 0.717) is 5.92 Å². The number of benzene rings is 2. The van der Waals surface area contributed by atoms with E-state index in [4.69, 9.17) is 0 Å². The molecule has 0 amide bonds. The lowest BCUT2D eigenvalue weighted by Gasteiger charge is -2.09. The van der Waals surface area contributed by atoms with Gasteiger partial charge in [0, 0.05) is 6.54 Å². The van der Waals surface area contributed by atoms with Crippen molar-refractivity contribution < 1.29 is 0 Å². The molecule has 2 rings (SSSR count). The Morgan fingerprint density at radius 3 is 2.10 bits per heavy atom. The average Bonchev–Trinajstić information content (AvgIpc) is 2.45. The van der Waals surface area contributed by atoms with Gasteiger partial charge in [-0.25, -0.2) is 0 Å². The van der Waals surface area contributed by atoms with E-state index in [-0.39, 0.29) is 0 Å². The summed E-state index contributed by atoms with van der Waals surface area (Å²) < 4.78 is 0. The Morgan fingerprint density at radius 1 is 0.900 bits per heavy atom. The molecule has 0 heterocycles. The van der Waals surface area contributed by atoms with Crippen LogP contribution in [0.2, 0.25) is 0 Å². The van der Waals surface area contributed by atoms with Crippen LogP contribution in [0.15, 0.2) is 48.5 Å². The number of rotatable bonds is 6. The summed E-state index contributed by atoms with van der Waals surface area (Å²) in [5, 5.41) is 3.38. The van der Waals surface area contributed by atoms with Crippen LogP contribution in [0.3, 0.4) is 0 Å². The second-order valence-corrected chi connectivity index (χ2v) is 5.78. The van der Waals surface area contributed by atoms with Crippen molar-refractivity contribution in [1.29, 1.82) is 0 Å². The number of nitrogens with one attached hydrogen (secondary N) is 1. The fraction of sp³-hybridized carbons (Fsp3) is 0.368. The second-order valence-electron chi connectivity index (χ2n) is 5.78. The zero-order valence-electron chi connectivity index (χ0n) is 12.8. The molecule has 0 unspecified atom stereocenters. The first kappa shape index (κ1) is 14.8. The summed E-state index contributed by atoms with van der Waals surface area (Å²) in [5.41, 5.74) is 5.40. The van der Waals surface area contributed by atoms with Crippen molar-refractivity contribution in [3.63, 3.8) is 0 Å². The van der Waals surface area contributed by atoms with Gasteiger partial charge < -0.3 is 5.32 Å². The van der Waals surface area contributed by atoms with E-state index >= 15 is 0 Å². The van der Waals surface area contributed by atoms with Crippen LogP contribution in [-0.4, -0.2) is 6.54 Å². The molecule has 106 valence electrons. The molecule has 20 heavy (non-hydrogen) atoms. The smallest absolute Gasteiger partial charge is 0.0205 e. The van der Waals surface area contributed by atoms with Crippen LogP contribution in [0.25, 0.3) is 11.1 Å². The number of hydrogen-bond acceptors (Lipinski definition) is 1. The first-order valence-electron chi connectivity index (χ1n) is 7.58. The molecule has 0 saturated carbocycles. The van der Waals surface area contributed by atoms with Crippen LogP contribution >= 0.6 is 0 Å². The molecule has 0 aliphatic heterocycles. The molecule has 0 bridgehead atoms. The van der Waals surface area contributed by atoms with Gasteiger partial charge in [0.2, 0.25) is 0 Å². The molecule has 1 heteroatoms. The lowest BCUT2D eigenvalue weighted by atomic mass is 9.97. The highest BCUT2D eigenvalue weighted by Crippen LogP contribution is 2.22. The predicted octanol–water partition coefficient (Wildman–Crippen LogP) is 4.66.